The molecule has 2 N–H and O–H groups in total. The highest BCUT2D eigenvalue weighted by Gasteiger charge is 2.39. The van der Waals surface area contributed by atoms with Crippen LogP contribution in [0.15, 0.2) is 11.6 Å². The van der Waals surface area contributed by atoms with E-state index in [2.05, 4.69) is 5.32 Å². The third-order valence-corrected chi connectivity index (χ3v) is 4.48. The Morgan fingerprint density at radius 3 is 2.71 bits per heavy atom. The number of aliphatic carboxylic acids is 1. The molecule has 118 valence electrons. The van der Waals surface area contributed by atoms with Crippen LogP contribution in [-0.2, 0) is 9.53 Å². The summed E-state index contributed by atoms with van der Waals surface area (Å²) in [5.41, 5.74) is 0.997. The van der Waals surface area contributed by atoms with E-state index in [1.165, 1.54) is 5.57 Å². The van der Waals surface area contributed by atoms with Gasteiger partial charge in [-0.2, -0.15) is 0 Å². The number of ether oxygens (including phenoxy) is 1. The second-order valence-electron chi connectivity index (χ2n) is 6.07. The maximum atomic E-state index is 12.1. The van der Waals surface area contributed by atoms with Crippen molar-refractivity contribution in [2.24, 2.45) is 5.41 Å². The first-order valence-corrected chi connectivity index (χ1v) is 7.46. The van der Waals surface area contributed by atoms with Crippen LogP contribution in [0.2, 0.25) is 0 Å². The molecule has 0 unspecified atom stereocenters. The standard InChI is InChI=1S/C15H24N2O4/c1-21-10-12-3-7-17(8-4-12)14(20)16-11-15(5-2-6-15)9-13(18)19/h3H,2,4-11H2,1H3,(H,16,20)(H,18,19). The zero-order valence-corrected chi connectivity index (χ0v) is 12.6. The van der Waals surface area contributed by atoms with E-state index in [0.29, 0.717) is 26.2 Å². The number of hydrogen-bond donors (Lipinski definition) is 2. The molecule has 0 radical (unpaired) electrons. The van der Waals surface area contributed by atoms with E-state index in [9.17, 15) is 9.59 Å². The Labute approximate surface area is 125 Å². The molecule has 2 amide bonds. The van der Waals surface area contributed by atoms with Crippen LogP contribution in [-0.4, -0.2) is 55.4 Å². The van der Waals surface area contributed by atoms with Crippen molar-refractivity contribution < 1.29 is 19.4 Å². The van der Waals surface area contributed by atoms with Gasteiger partial charge in [-0.3, -0.25) is 4.79 Å². The predicted molar refractivity (Wildman–Crippen MR) is 78.1 cm³/mol. The molecule has 0 aromatic rings. The van der Waals surface area contributed by atoms with E-state index in [1.54, 1.807) is 12.0 Å². The van der Waals surface area contributed by atoms with Gasteiger partial charge in [0.25, 0.3) is 0 Å². The number of urea groups is 1. The average Bonchev–Trinajstić information content (AvgIpc) is 2.42. The molecule has 1 saturated carbocycles. The molecule has 0 spiro atoms. The van der Waals surface area contributed by atoms with E-state index < -0.39 is 5.97 Å². The van der Waals surface area contributed by atoms with Crippen LogP contribution in [0.1, 0.15) is 32.1 Å². The summed E-state index contributed by atoms with van der Waals surface area (Å²) in [5, 5.41) is 11.9. The molecule has 6 heteroatoms. The molecular weight excluding hydrogens is 272 g/mol. The molecule has 2 aliphatic rings. The Kier molecular flexibility index (Phi) is 5.22. The maximum absolute atomic E-state index is 12.1. The number of carboxylic acids is 1. The number of nitrogens with one attached hydrogen (secondary N) is 1. The first kappa shape index (κ1) is 15.8. The predicted octanol–water partition coefficient (Wildman–Crippen LogP) is 1.62. The number of rotatable bonds is 6. The van der Waals surface area contributed by atoms with E-state index in [4.69, 9.17) is 9.84 Å². The summed E-state index contributed by atoms with van der Waals surface area (Å²) in [4.78, 5) is 24.8. The van der Waals surface area contributed by atoms with E-state index in [0.717, 1.165) is 25.7 Å². The van der Waals surface area contributed by atoms with Crippen molar-refractivity contribution in [3.63, 3.8) is 0 Å². The third-order valence-electron chi connectivity index (χ3n) is 4.48. The van der Waals surface area contributed by atoms with Gasteiger partial charge in [0.1, 0.15) is 0 Å². The first-order valence-electron chi connectivity index (χ1n) is 7.46. The van der Waals surface area contributed by atoms with Gasteiger partial charge in [-0.25, -0.2) is 4.79 Å². The largest absolute Gasteiger partial charge is 0.481 e. The molecule has 1 aliphatic carbocycles. The molecule has 0 aromatic heterocycles. The second kappa shape index (κ2) is 6.93. The van der Waals surface area contributed by atoms with Gasteiger partial charge in [0.05, 0.1) is 13.0 Å². The number of hydrogen-bond acceptors (Lipinski definition) is 3. The number of carbonyl (C=O) groups excluding carboxylic acids is 1. The molecule has 1 fully saturated rings. The molecular formula is C15H24N2O4. The average molecular weight is 296 g/mol. The van der Waals surface area contributed by atoms with Crippen molar-refractivity contribution >= 4 is 12.0 Å². The van der Waals surface area contributed by atoms with Crippen LogP contribution in [0, 0.1) is 5.41 Å². The Hall–Kier alpha value is -1.56. The minimum Gasteiger partial charge on any atom is -0.481 e. The van der Waals surface area contributed by atoms with Gasteiger partial charge in [-0.15, -0.1) is 0 Å². The lowest BCUT2D eigenvalue weighted by Crippen LogP contribution is -2.48. The SMILES string of the molecule is COCC1=CCN(C(=O)NCC2(CC(=O)O)CCC2)CC1. The van der Waals surface area contributed by atoms with Gasteiger partial charge in [0, 0.05) is 26.7 Å². The van der Waals surface area contributed by atoms with Crippen molar-refractivity contribution in [2.75, 3.05) is 33.4 Å². The highest BCUT2D eigenvalue weighted by molar-refractivity contribution is 5.75. The Balaban J connectivity index is 1.78. The van der Waals surface area contributed by atoms with Crippen molar-refractivity contribution in [3.8, 4) is 0 Å². The maximum Gasteiger partial charge on any atom is 0.317 e. The lowest BCUT2D eigenvalue weighted by molar-refractivity contribution is -0.141. The topological polar surface area (TPSA) is 78.9 Å². The number of carbonyl (C=O) groups is 2. The van der Waals surface area contributed by atoms with Gasteiger partial charge in [-0.05, 0) is 30.3 Å². The lowest BCUT2D eigenvalue weighted by Gasteiger charge is -2.41. The zero-order valence-electron chi connectivity index (χ0n) is 12.6. The van der Waals surface area contributed by atoms with Gasteiger partial charge in [0.15, 0.2) is 0 Å². The molecule has 6 nitrogen and oxygen atoms in total. The summed E-state index contributed by atoms with van der Waals surface area (Å²) in [6, 6.07) is -0.0978. The number of nitrogens with zero attached hydrogens (tertiary/aromatic N) is 1. The normalized spacial score (nSPS) is 20.4. The van der Waals surface area contributed by atoms with Gasteiger partial charge in [-0.1, -0.05) is 12.5 Å². The highest BCUT2D eigenvalue weighted by atomic mass is 16.5. The highest BCUT2D eigenvalue weighted by Crippen LogP contribution is 2.43. The molecule has 0 aromatic carbocycles. The monoisotopic (exact) mass is 296 g/mol. The van der Waals surface area contributed by atoms with Gasteiger partial charge < -0.3 is 20.1 Å². The summed E-state index contributed by atoms with van der Waals surface area (Å²) in [7, 11) is 1.67. The second-order valence-corrected chi connectivity index (χ2v) is 6.07. The van der Waals surface area contributed by atoms with Gasteiger partial charge >= 0.3 is 12.0 Å². The van der Waals surface area contributed by atoms with Crippen LogP contribution < -0.4 is 5.32 Å². The van der Waals surface area contributed by atoms with Crippen LogP contribution >= 0.6 is 0 Å². The number of amides is 2. The molecule has 0 saturated heterocycles. The fourth-order valence-corrected chi connectivity index (χ4v) is 3.00. The van der Waals surface area contributed by atoms with Crippen molar-refractivity contribution in [2.45, 2.75) is 32.1 Å². The van der Waals surface area contributed by atoms with E-state index >= 15 is 0 Å². The summed E-state index contributed by atoms with van der Waals surface area (Å²) >= 11 is 0. The van der Waals surface area contributed by atoms with Crippen LogP contribution in [0.25, 0.3) is 0 Å². The quantitative estimate of drug-likeness (QED) is 0.730. The number of methoxy groups -OCH3 is 1. The first-order chi connectivity index (χ1) is 10.0. The molecule has 2 rings (SSSR count). The Morgan fingerprint density at radius 2 is 2.24 bits per heavy atom. The van der Waals surface area contributed by atoms with Crippen LogP contribution in [0.4, 0.5) is 4.79 Å². The Morgan fingerprint density at radius 1 is 1.48 bits per heavy atom. The zero-order chi connectivity index (χ0) is 15.3. The van der Waals surface area contributed by atoms with Crippen LogP contribution in [0.5, 0.6) is 0 Å². The third kappa shape index (κ3) is 4.20. The van der Waals surface area contributed by atoms with Gasteiger partial charge in [0.2, 0.25) is 0 Å². The molecule has 1 aliphatic heterocycles. The van der Waals surface area contributed by atoms with Crippen molar-refractivity contribution in [1.82, 2.24) is 10.2 Å². The summed E-state index contributed by atoms with van der Waals surface area (Å²) < 4.78 is 5.09. The molecule has 21 heavy (non-hydrogen) atoms. The van der Waals surface area contributed by atoms with E-state index in [-0.39, 0.29) is 17.9 Å². The molecule has 1 heterocycles. The minimum atomic E-state index is -0.783. The fraction of sp³-hybridized carbons (Fsp3) is 0.733. The minimum absolute atomic E-state index is 0.0978. The van der Waals surface area contributed by atoms with Crippen molar-refractivity contribution in [3.05, 3.63) is 11.6 Å². The molecule has 0 atom stereocenters. The lowest BCUT2D eigenvalue weighted by atomic mass is 9.66. The van der Waals surface area contributed by atoms with E-state index in [1.807, 2.05) is 6.08 Å². The van der Waals surface area contributed by atoms with Crippen LogP contribution in [0.3, 0.4) is 0 Å². The summed E-state index contributed by atoms with van der Waals surface area (Å²) in [6.07, 6.45) is 5.83. The fourth-order valence-electron chi connectivity index (χ4n) is 3.00. The summed E-state index contributed by atoms with van der Waals surface area (Å²) in [5.74, 6) is -0.783. The smallest absolute Gasteiger partial charge is 0.317 e. The number of carboxylic acid groups (broad SMARTS) is 1. The molecule has 0 bridgehead atoms. The summed E-state index contributed by atoms with van der Waals surface area (Å²) in [6.45, 7) is 2.36. The Bertz CT molecular complexity index is 429. The van der Waals surface area contributed by atoms with Crippen molar-refractivity contribution in [1.29, 1.82) is 0 Å².